The molecule has 0 aliphatic heterocycles. The first-order valence-corrected chi connectivity index (χ1v) is 5.74. The average Bonchev–Trinajstić information content (AvgIpc) is 2.30. The standard InChI is InChI=1S/C12H11BrN2O/c1-9(11-7-12(13)15-8-14-11)16-10-5-3-2-4-6-10/h2-9H,1H3/t9-/m0/s1. The van der Waals surface area contributed by atoms with Crippen LogP contribution in [0.4, 0.5) is 0 Å². The van der Waals surface area contributed by atoms with E-state index in [1.807, 2.05) is 43.3 Å². The maximum atomic E-state index is 5.74. The molecular formula is C12H11BrN2O. The summed E-state index contributed by atoms with van der Waals surface area (Å²) in [6, 6.07) is 11.5. The number of para-hydroxylation sites is 1. The van der Waals surface area contributed by atoms with E-state index in [1.165, 1.54) is 6.33 Å². The molecule has 4 heteroatoms. The molecule has 82 valence electrons. The van der Waals surface area contributed by atoms with E-state index in [0.29, 0.717) is 0 Å². The van der Waals surface area contributed by atoms with Crippen LogP contribution in [-0.4, -0.2) is 9.97 Å². The fraction of sp³-hybridized carbons (Fsp3) is 0.167. The fourth-order valence-electron chi connectivity index (χ4n) is 1.33. The third-order valence-corrected chi connectivity index (χ3v) is 2.56. The summed E-state index contributed by atoms with van der Waals surface area (Å²) in [6.07, 6.45) is 1.42. The van der Waals surface area contributed by atoms with Crippen LogP contribution < -0.4 is 4.74 Å². The minimum atomic E-state index is -0.0956. The Morgan fingerprint density at radius 3 is 2.62 bits per heavy atom. The van der Waals surface area contributed by atoms with Crippen molar-refractivity contribution in [1.29, 1.82) is 0 Å². The molecule has 0 amide bonds. The van der Waals surface area contributed by atoms with Crippen LogP contribution in [-0.2, 0) is 0 Å². The van der Waals surface area contributed by atoms with E-state index >= 15 is 0 Å². The highest BCUT2D eigenvalue weighted by molar-refractivity contribution is 9.10. The molecule has 1 aromatic heterocycles. The predicted octanol–water partition coefficient (Wildman–Crippen LogP) is 3.38. The second-order valence-corrected chi connectivity index (χ2v) is 4.15. The van der Waals surface area contributed by atoms with Gasteiger partial charge in [0, 0.05) is 0 Å². The molecule has 3 nitrogen and oxygen atoms in total. The van der Waals surface area contributed by atoms with Crippen molar-refractivity contribution in [1.82, 2.24) is 9.97 Å². The number of halogens is 1. The number of rotatable bonds is 3. The lowest BCUT2D eigenvalue weighted by molar-refractivity contribution is 0.221. The molecule has 0 unspecified atom stereocenters. The third-order valence-electron chi connectivity index (χ3n) is 2.13. The van der Waals surface area contributed by atoms with E-state index in [4.69, 9.17) is 4.74 Å². The van der Waals surface area contributed by atoms with Crippen molar-refractivity contribution in [2.45, 2.75) is 13.0 Å². The highest BCUT2D eigenvalue weighted by atomic mass is 79.9. The Bertz CT molecular complexity index is 462. The van der Waals surface area contributed by atoms with Crippen LogP contribution in [0.3, 0.4) is 0 Å². The quantitative estimate of drug-likeness (QED) is 0.808. The smallest absolute Gasteiger partial charge is 0.138 e. The molecule has 1 atom stereocenters. The molecule has 1 heterocycles. The van der Waals surface area contributed by atoms with Crippen molar-refractivity contribution in [3.05, 3.63) is 53.0 Å². The molecule has 2 aromatic rings. The first-order chi connectivity index (χ1) is 7.75. The van der Waals surface area contributed by atoms with E-state index < -0.39 is 0 Å². The van der Waals surface area contributed by atoms with E-state index in [9.17, 15) is 0 Å². The van der Waals surface area contributed by atoms with Gasteiger partial charge < -0.3 is 4.74 Å². The summed E-state index contributed by atoms with van der Waals surface area (Å²) in [7, 11) is 0. The van der Waals surface area contributed by atoms with E-state index in [-0.39, 0.29) is 6.10 Å². The van der Waals surface area contributed by atoms with Crippen molar-refractivity contribution in [2.75, 3.05) is 0 Å². The zero-order valence-electron chi connectivity index (χ0n) is 8.80. The Kier molecular flexibility index (Phi) is 3.51. The van der Waals surface area contributed by atoms with E-state index in [0.717, 1.165) is 16.0 Å². The maximum Gasteiger partial charge on any atom is 0.138 e. The summed E-state index contributed by atoms with van der Waals surface area (Å²) < 4.78 is 6.51. The zero-order valence-corrected chi connectivity index (χ0v) is 10.4. The van der Waals surface area contributed by atoms with Gasteiger partial charge in [0.2, 0.25) is 0 Å². The molecule has 0 N–H and O–H groups in total. The van der Waals surface area contributed by atoms with Crippen LogP contribution in [0.15, 0.2) is 47.3 Å². The van der Waals surface area contributed by atoms with Crippen LogP contribution in [0.2, 0.25) is 0 Å². The Balaban J connectivity index is 2.12. The molecule has 0 fully saturated rings. The SMILES string of the molecule is C[C@H](Oc1ccccc1)c1cc(Br)ncn1. The molecule has 0 aliphatic rings. The van der Waals surface area contributed by atoms with Crippen LogP contribution in [0.25, 0.3) is 0 Å². The summed E-state index contributed by atoms with van der Waals surface area (Å²) in [5.41, 5.74) is 0.853. The largest absolute Gasteiger partial charge is 0.484 e. The number of hydrogen-bond acceptors (Lipinski definition) is 3. The monoisotopic (exact) mass is 278 g/mol. The van der Waals surface area contributed by atoms with Crippen LogP contribution in [0, 0.1) is 0 Å². The lowest BCUT2D eigenvalue weighted by atomic mass is 10.2. The van der Waals surface area contributed by atoms with Crippen LogP contribution in [0.1, 0.15) is 18.7 Å². The second kappa shape index (κ2) is 5.07. The van der Waals surface area contributed by atoms with Gasteiger partial charge in [0.25, 0.3) is 0 Å². The topological polar surface area (TPSA) is 35.0 Å². The molecule has 1 aromatic carbocycles. The van der Waals surface area contributed by atoms with Gasteiger partial charge >= 0.3 is 0 Å². The summed E-state index contributed by atoms with van der Waals surface area (Å²) in [5.74, 6) is 0.838. The van der Waals surface area contributed by atoms with Crippen molar-refractivity contribution in [3.8, 4) is 5.75 Å². The van der Waals surface area contributed by atoms with Crippen molar-refractivity contribution < 1.29 is 4.74 Å². The molecule has 0 radical (unpaired) electrons. The molecule has 2 rings (SSSR count). The minimum absolute atomic E-state index is 0.0956. The van der Waals surface area contributed by atoms with Gasteiger partial charge in [-0.05, 0) is 41.1 Å². The second-order valence-electron chi connectivity index (χ2n) is 3.34. The van der Waals surface area contributed by atoms with Crippen LogP contribution >= 0.6 is 15.9 Å². The van der Waals surface area contributed by atoms with Crippen molar-refractivity contribution in [3.63, 3.8) is 0 Å². The normalized spacial score (nSPS) is 12.1. The molecule has 0 bridgehead atoms. The lowest BCUT2D eigenvalue weighted by Gasteiger charge is -2.13. The highest BCUT2D eigenvalue weighted by Crippen LogP contribution is 2.20. The van der Waals surface area contributed by atoms with Gasteiger partial charge in [0.05, 0.1) is 5.69 Å². The Morgan fingerprint density at radius 2 is 1.94 bits per heavy atom. The van der Waals surface area contributed by atoms with Crippen LogP contribution in [0.5, 0.6) is 5.75 Å². The molecule has 0 aliphatic carbocycles. The minimum Gasteiger partial charge on any atom is -0.484 e. The molecule has 16 heavy (non-hydrogen) atoms. The summed E-state index contributed by atoms with van der Waals surface area (Å²) >= 11 is 3.31. The van der Waals surface area contributed by atoms with E-state index in [1.54, 1.807) is 0 Å². The lowest BCUT2D eigenvalue weighted by Crippen LogP contribution is -2.05. The van der Waals surface area contributed by atoms with Gasteiger partial charge in [-0.25, -0.2) is 9.97 Å². The van der Waals surface area contributed by atoms with Gasteiger partial charge in [0.15, 0.2) is 0 Å². The average molecular weight is 279 g/mol. The first kappa shape index (κ1) is 11.1. The number of benzene rings is 1. The fourth-order valence-corrected chi connectivity index (χ4v) is 1.66. The molecular weight excluding hydrogens is 268 g/mol. The number of aromatic nitrogens is 2. The summed E-state index contributed by atoms with van der Waals surface area (Å²) in [5, 5.41) is 0. The zero-order chi connectivity index (χ0) is 11.4. The summed E-state index contributed by atoms with van der Waals surface area (Å²) in [6.45, 7) is 1.96. The predicted molar refractivity (Wildman–Crippen MR) is 65.2 cm³/mol. The summed E-state index contributed by atoms with van der Waals surface area (Å²) in [4.78, 5) is 8.15. The van der Waals surface area contributed by atoms with Gasteiger partial charge in [-0.3, -0.25) is 0 Å². The van der Waals surface area contributed by atoms with E-state index in [2.05, 4.69) is 25.9 Å². The molecule has 0 spiro atoms. The van der Waals surface area contributed by atoms with Crippen molar-refractivity contribution in [2.24, 2.45) is 0 Å². The first-order valence-electron chi connectivity index (χ1n) is 4.95. The Labute approximate surface area is 103 Å². The number of nitrogens with zero attached hydrogens (tertiary/aromatic N) is 2. The number of hydrogen-bond donors (Lipinski definition) is 0. The maximum absolute atomic E-state index is 5.74. The highest BCUT2D eigenvalue weighted by Gasteiger charge is 2.09. The Hall–Kier alpha value is -1.42. The third kappa shape index (κ3) is 2.79. The van der Waals surface area contributed by atoms with Gasteiger partial charge in [0.1, 0.15) is 22.8 Å². The van der Waals surface area contributed by atoms with Gasteiger partial charge in [-0.1, -0.05) is 18.2 Å². The number of ether oxygens (including phenoxy) is 1. The van der Waals surface area contributed by atoms with Gasteiger partial charge in [-0.15, -0.1) is 0 Å². The molecule has 0 saturated heterocycles. The van der Waals surface area contributed by atoms with Crippen molar-refractivity contribution >= 4 is 15.9 Å². The Morgan fingerprint density at radius 1 is 1.19 bits per heavy atom. The molecule has 0 saturated carbocycles. The van der Waals surface area contributed by atoms with Gasteiger partial charge in [-0.2, -0.15) is 0 Å².